The second kappa shape index (κ2) is 9.08. The van der Waals surface area contributed by atoms with E-state index in [0.717, 1.165) is 0 Å². The molecule has 5 heteroatoms. The van der Waals surface area contributed by atoms with Crippen molar-refractivity contribution in [2.45, 2.75) is 6.92 Å². The second-order valence-corrected chi connectivity index (χ2v) is 5.11. The monoisotopic (exact) mass is 336 g/mol. The van der Waals surface area contributed by atoms with Crippen LogP contribution in [0.5, 0.6) is 5.75 Å². The number of allylic oxidation sites excluding steroid dienone is 3. The van der Waals surface area contributed by atoms with Crippen molar-refractivity contribution < 1.29 is 14.3 Å². The highest BCUT2D eigenvalue weighted by Gasteiger charge is 2.12. The third-order valence-corrected chi connectivity index (χ3v) is 3.31. The van der Waals surface area contributed by atoms with Gasteiger partial charge in [0.05, 0.1) is 18.4 Å². The number of hydrogen-bond donors (Lipinski definition) is 2. The lowest BCUT2D eigenvalue weighted by atomic mass is 10.1. The van der Waals surface area contributed by atoms with Gasteiger partial charge < -0.3 is 15.4 Å². The molecule has 0 fully saturated rings. The quantitative estimate of drug-likeness (QED) is 0.618. The predicted molar refractivity (Wildman–Crippen MR) is 100.0 cm³/mol. The minimum atomic E-state index is -0.318. The fraction of sp³-hybridized carbons (Fsp3) is 0.100. The van der Waals surface area contributed by atoms with Crippen LogP contribution in [0.2, 0.25) is 0 Å². The Labute approximate surface area is 147 Å². The van der Waals surface area contributed by atoms with E-state index >= 15 is 0 Å². The molecule has 0 aliphatic heterocycles. The maximum Gasteiger partial charge on any atom is 0.257 e. The van der Waals surface area contributed by atoms with Gasteiger partial charge in [-0.2, -0.15) is 0 Å². The summed E-state index contributed by atoms with van der Waals surface area (Å²) >= 11 is 0. The van der Waals surface area contributed by atoms with Gasteiger partial charge in [-0.3, -0.25) is 9.59 Å². The molecule has 0 heterocycles. The fourth-order valence-corrected chi connectivity index (χ4v) is 2.12. The SMILES string of the molecule is C/C=C/C=C/C(=O)Nc1ccccc1C(=O)Nc1cccc(OC)c1. The second-order valence-electron chi connectivity index (χ2n) is 5.11. The minimum absolute atomic E-state index is 0.306. The number of carbonyl (C=O) groups excluding carboxylic acids is 2. The van der Waals surface area contributed by atoms with Crippen molar-refractivity contribution in [3.05, 3.63) is 78.4 Å². The number of benzene rings is 2. The van der Waals surface area contributed by atoms with Gasteiger partial charge in [0.1, 0.15) is 5.75 Å². The Morgan fingerprint density at radius 1 is 1.00 bits per heavy atom. The lowest BCUT2D eigenvalue weighted by Crippen LogP contribution is -2.17. The molecule has 128 valence electrons. The molecule has 2 N–H and O–H groups in total. The highest BCUT2D eigenvalue weighted by molar-refractivity contribution is 6.11. The number of hydrogen-bond acceptors (Lipinski definition) is 3. The molecular formula is C20H20N2O3. The summed E-state index contributed by atoms with van der Waals surface area (Å²) in [7, 11) is 1.56. The molecule has 0 aliphatic rings. The van der Waals surface area contributed by atoms with Gasteiger partial charge >= 0.3 is 0 Å². The molecule has 5 nitrogen and oxygen atoms in total. The minimum Gasteiger partial charge on any atom is -0.497 e. The molecular weight excluding hydrogens is 316 g/mol. The molecule has 0 spiro atoms. The van der Waals surface area contributed by atoms with Gasteiger partial charge in [0.2, 0.25) is 5.91 Å². The van der Waals surface area contributed by atoms with Crippen LogP contribution in [0, 0.1) is 0 Å². The third kappa shape index (κ3) is 5.35. The van der Waals surface area contributed by atoms with Gasteiger partial charge in [0, 0.05) is 17.8 Å². The summed E-state index contributed by atoms with van der Waals surface area (Å²) in [6.45, 7) is 1.86. The van der Waals surface area contributed by atoms with E-state index in [4.69, 9.17) is 4.74 Å². The number of para-hydroxylation sites is 1. The van der Waals surface area contributed by atoms with E-state index in [9.17, 15) is 9.59 Å². The molecule has 0 saturated heterocycles. The zero-order valence-corrected chi connectivity index (χ0v) is 14.2. The Kier molecular flexibility index (Phi) is 6.54. The number of rotatable bonds is 6. The molecule has 25 heavy (non-hydrogen) atoms. The summed E-state index contributed by atoms with van der Waals surface area (Å²) in [5.74, 6) is 0.0230. The van der Waals surface area contributed by atoms with Crippen LogP contribution in [0.3, 0.4) is 0 Å². The molecule has 0 radical (unpaired) electrons. The molecule has 0 aliphatic carbocycles. The lowest BCUT2D eigenvalue weighted by molar-refractivity contribution is -0.111. The predicted octanol–water partition coefficient (Wildman–Crippen LogP) is 4.02. The maximum atomic E-state index is 12.5. The van der Waals surface area contributed by atoms with Gasteiger partial charge in [-0.25, -0.2) is 0 Å². The van der Waals surface area contributed by atoms with Gasteiger partial charge in [0.15, 0.2) is 0 Å². The Morgan fingerprint density at radius 3 is 2.56 bits per heavy atom. The third-order valence-electron chi connectivity index (χ3n) is 3.31. The van der Waals surface area contributed by atoms with Gasteiger partial charge in [-0.05, 0) is 31.2 Å². The molecule has 2 rings (SSSR count). The van der Waals surface area contributed by atoms with E-state index in [0.29, 0.717) is 22.7 Å². The first kappa shape index (κ1) is 18.0. The van der Waals surface area contributed by atoms with Crippen molar-refractivity contribution in [2.24, 2.45) is 0 Å². The normalized spacial score (nSPS) is 10.8. The van der Waals surface area contributed by atoms with Crippen LogP contribution in [0.25, 0.3) is 0 Å². The maximum absolute atomic E-state index is 12.5. The Bertz CT molecular complexity index is 810. The summed E-state index contributed by atoms with van der Waals surface area (Å²) in [6.07, 6.45) is 6.60. The van der Waals surface area contributed by atoms with Crippen LogP contribution in [0.4, 0.5) is 11.4 Å². The van der Waals surface area contributed by atoms with Crippen LogP contribution >= 0.6 is 0 Å². The van der Waals surface area contributed by atoms with Crippen molar-refractivity contribution in [3.8, 4) is 5.75 Å². The van der Waals surface area contributed by atoms with E-state index in [1.165, 1.54) is 6.08 Å². The highest BCUT2D eigenvalue weighted by atomic mass is 16.5. The smallest absolute Gasteiger partial charge is 0.257 e. The Morgan fingerprint density at radius 2 is 1.80 bits per heavy atom. The molecule has 0 aromatic heterocycles. The van der Waals surface area contributed by atoms with Gasteiger partial charge in [-0.15, -0.1) is 0 Å². The topological polar surface area (TPSA) is 67.4 Å². The van der Waals surface area contributed by atoms with Crippen LogP contribution < -0.4 is 15.4 Å². The first-order valence-corrected chi connectivity index (χ1v) is 7.79. The van der Waals surface area contributed by atoms with Crippen molar-refractivity contribution in [3.63, 3.8) is 0 Å². The van der Waals surface area contributed by atoms with Crippen LogP contribution in [0.15, 0.2) is 72.8 Å². The van der Waals surface area contributed by atoms with Crippen LogP contribution in [-0.2, 0) is 4.79 Å². The van der Waals surface area contributed by atoms with Crippen molar-refractivity contribution in [2.75, 3.05) is 17.7 Å². The fourth-order valence-electron chi connectivity index (χ4n) is 2.12. The summed E-state index contributed by atoms with van der Waals surface area (Å²) in [5.41, 5.74) is 1.43. The number of anilines is 2. The standard InChI is InChI=1S/C20H20N2O3/c1-3-4-5-13-19(23)22-18-12-7-6-11-17(18)20(24)21-15-9-8-10-16(14-15)25-2/h3-14H,1-2H3,(H,21,24)(H,22,23)/b4-3+,13-5+. The molecule has 0 bridgehead atoms. The number of nitrogens with one attached hydrogen (secondary N) is 2. The molecule has 0 saturated carbocycles. The molecule has 2 aromatic rings. The summed E-state index contributed by atoms with van der Waals surface area (Å²) in [5, 5.41) is 5.51. The number of amides is 2. The van der Waals surface area contributed by atoms with E-state index in [-0.39, 0.29) is 11.8 Å². The lowest BCUT2D eigenvalue weighted by Gasteiger charge is -2.11. The van der Waals surface area contributed by atoms with Crippen molar-refractivity contribution in [1.29, 1.82) is 0 Å². The number of carbonyl (C=O) groups is 2. The summed E-state index contributed by atoms with van der Waals surface area (Å²) in [4.78, 5) is 24.5. The van der Waals surface area contributed by atoms with E-state index in [1.807, 2.05) is 13.0 Å². The average molecular weight is 336 g/mol. The van der Waals surface area contributed by atoms with Crippen LogP contribution in [-0.4, -0.2) is 18.9 Å². The Balaban J connectivity index is 2.15. The first-order chi connectivity index (χ1) is 12.1. The summed E-state index contributed by atoms with van der Waals surface area (Å²) < 4.78 is 5.14. The zero-order valence-electron chi connectivity index (χ0n) is 14.2. The Hall–Kier alpha value is -3.34. The first-order valence-electron chi connectivity index (χ1n) is 7.79. The number of ether oxygens (including phenoxy) is 1. The van der Waals surface area contributed by atoms with E-state index in [2.05, 4.69) is 10.6 Å². The zero-order chi connectivity index (χ0) is 18.1. The highest BCUT2D eigenvalue weighted by Crippen LogP contribution is 2.20. The molecule has 2 aromatic carbocycles. The molecule has 0 unspecified atom stereocenters. The van der Waals surface area contributed by atoms with E-state index in [1.54, 1.807) is 67.8 Å². The average Bonchev–Trinajstić information content (AvgIpc) is 2.62. The number of methoxy groups -OCH3 is 1. The van der Waals surface area contributed by atoms with Crippen molar-refractivity contribution in [1.82, 2.24) is 0 Å². The van der Waals surface area contributed by atoms with Gasteiger partial charge in [-0.1, -0.05) is 36.4 Å². The van der Waals surface area contributed by atoms with Crippen molar-refractivity contribution >= 4 is 23.2 Å². The molecule has 0 atom stereocenters. The largest absolute Gasteiger partial charge is 0.497 e. The summed E-state index contributed by atoms with van der Waals surface area (Å²) in [6, 6.07) is 13.9. The van der Waals surface area contributed by atoms with E-state index < -0.39 is 0 Å². The van der Waals surface area contributed by atoms with Crippen LogP contribution in [0.1, 0.15) is 17.3 Å². The molecule has 2 amide bonds. The van der Waals surface area contributed by atoms with Gasteiger partial charge in [0.25, 0.3) is 5.91 Å².